The lowest BCUT2D eigenvalue weighted by molar-refractivity contribution is 0.181. The predicted octanol–water partition coefficient (Wildman–Crippen LogP) is 4.24. The van der Waals surface area contributed by atoms with Crippen molar-refractivity contribution in [1.29, 1.82) is 0 Å². The Morgan fingerprint density at radius 1 is 1.29 bits per heavy atom. The van der Waals surface area contributed by atoms with Gasteiger partial charge in [-0.25, -0.2) is 0 Å². The van der Waals surface area contributed by atoms with Crippen LogP contribution in [0.5, 0.6) is 0 Å². The van der Waals surface area contributed by atoms with E-state index in [9.17, 15) is 0 Å². The molecule has 1 aromatic heterocycles. The van der Waals surface area contributed by atoms with Crippen LogP contribution in [0.3, 0.4) is 0 Å². The van der Waals surface area contributed by atoms with Crippen molar-refractivity contribution >= 4 is 11.3 Å². The van der Waals surface area contributed by atoms with Crippen molar-refractivity contribution in [3.05, 3.63) is 22.4 Å². The second-order valence-electron chi connectivity index (χ2n) is 5.55. The zero-order chi connectivity index (χ0) is 12.0. The average molecular weight is 251 g/mol. The fourth-order valence-electron chi connectivity index (χ4n) is 3.07. The van der Waals surface area contributed by atoms with Crippen molar-refractivity contribution in [2.24, 2.45) is 5.41 Å². The van der Waals surface area contributed by atoms with Gasteiger partial charge in [0.25, 0.3) is 0 Å². The standard InChI is InChI=1S/C15H25NS/c1-2-9-16-13-15(7-4-3-5-8-15)11-14-6-10-17-12-14/h6,10,12,16H,2-5,7-9,11,13H2,1H3. The third-order valence-electron chi connectivity index (χ3n) is 4.00. The van der Waals surface area contributed by atoms with Gasteiger partial charge in [0.2, 0.25) is 0 Å². The normalized spacial score (nSPS) is 19.4. The summed E-state index contributed by atoms with van der Waals surface area (Å²) in [6, 6.07) is 2.31. The zero-order valence-electron chi connectivity index (χ0n) is 11.0. The van der Waals surface area contributed by atoms with Gasteiger partial charge in [-0.05, 0) is 60.0 Å². The molecule has 1 nitrogen and oxygen atoms in total. The molecule has 1 heterocycles. The molecule has 0 atom stereocenters. The smallest absolute Gasteiger partial charge is 0.00110 e. The Morgan fingerprint density at radius 3 is 2.76 bits per heavy atom. The van der Waals surface area contributed by atoms with E-state index in [1.165, 1.54) is 58.0 Å². The van der Waals surface area contributed by atoms with E-state index in [0.717, 1.165) is 0 Å². The minimum absolute atomic E-state index is 0.550. The molecule has 0 bridgehead atoms. The van der Waals surface area contributed by atoms with Crippen molar-refractivity contribution in [3.63, 3.8) is 0 Å². The lowest BCUT2D eigenvalue weighted by Gasteiger charge is -2.37. The lowest BCUT2D eigenvalue weighted by Crippen LogP contribution is -2.38. The minimum Gasteiger partial charge on any atom is -0.316 e. The monoisotopic (exact) mass is 251 g/mol. The Morgan fingerprint density at radius 2 is 2.12 bits per heavy atom. The minimum atomic E-state index is 0.550. The van der Waals surface area contributed by atoms with Gasteiger partial charge in [0.05, 0.1) is 0 Å². The Balaban J connectivity index is 1.95. The highest BCUT2D eigenvalue weighted by molar-refractivity contribution is 7.07. The van der Waals surface area contributed by atoms with Crippen molar-refractivity contribution in [2.45, 2.75) is 51.9 Å². The molecule has 1 N–H and O–H groups in total. The average Bonchev–Trinajstić information content (AvgIpc) is 2.83. The summed E-state index contributed by atoms with van der Waals surface area (Å²) in [5.41, 5.74) is 2.10. The van der Waals surface area contributed by atoms with Crippen molar-refractivity contribution in [1.82, 2.24) is 5.32 Å². The molecule has 2 rings (SSSR count). The largest absolute Gasteiger partial charge is 0.316 e. The highest BCUT2D eigenvalue weighted by atomic mass is 32.1. The molecule has 96 valence electrons. The molecule has 0 aliphatic heterocycles. The zero-order valence-corrected chi connectivity index (χ0v) is 11.8. The first kappa shape index (κ1) is 13.1. The molecule has 0 amide bonds. The number of hydrogen-bond acceptors (Lipinski definition) is 2. The van der Waals surface area contributed by atoms with Crippen molar-refractivity contribution in [2.75, 3.05) is 13.1 Å². The molecular weight excluding hydrogens is 226 g/mol. The van der Waals surface area contributed by atoms with Crippen molar-refractivity contribution in [3.8, 4) is 0 Å². The molecule has 17 heavy (non-hydrogen) atoms. The molecular formula is C15H25NS. The number of rotatable bonds is 6. The van der Waals surface area contributed by atoms with Gasteiger partial charge in [0.1, 0.15) is 0 Å². The summed E-state index contributed by atoms with van der Waals surface area (Å²) in [5.74, 6) is 0. The van der Waals surface area contributed by atoms with Gasteiger partial charge in [-0.3, -0.25) is 0 Å². The van der Waals surface area contributed by atoms with E-state index in [1.807, 2.05) is 11.3 Å². The molecule has 1 aliphatic carbocycles. The fourth-order valence-corrected chi connectivity index (χ4v) is 3.74. The quantitative estimate of drug-likeness (QED) is 0.746. The van der Waals surface area contributed by atoms with Crippen LogP contribution < -0.4 is 5.32 Å². The van der Waals surface area contributed by atoms with E-state index < -0.39 is 0 Å². The van der Waals surface area contributed by atoms with Crippen molar-refractivity contribution < 1.29 is 0 Å². The van der Waals surface area contributed by atoms with Crippen LogP contribution in [-0.4, -0.2) is 13.1 Å². The Hall–Kier alpha value is -0.340. The summed E-state index contributed by atoms with van der Waals surface area (Å²) < 4.78 is 0. The van der Waals surface area contributed by atoms with Gasteiger partial charge < -0.3 is 5.32 Å². The van der Waals surface area contributed by atoms with Gasteiger partial charge in [0.15, 0.2) is 0 Å². The Labute approximate surface area is 110 Å². The summed E-state index contributed by atoms with van der Waals surface area (Å²) in [5, 5.41) is 8.20. The maximum absolute atomic E-state index is 3.66. The van der Waals surface area contributed by atoms with Gasteiger partial charge in [-0.15, -0.1) is 0 Å². The molecule has 0 aromatic carbocycles. The third kappa shape index (κ3) is 3.82. The summed E-state index contributed by atoms with van der Waals surface area (Å²) in [7, 11) is 0. The second kappa shape index (κ2) is 6.55. The van der Waals surface area contributed by atoms with Gasteiger partial charge in [-0.1, -0.05) is 26.2 Å². The topological polar surface area (TPSA) is 12.0 Å². The molecule has 0 unspecified atom stereocenters. The molecule has 1 saturated carbocycles. The first-order valence-electron chi connectivity index (χ1n) is 7.06. The predicted molar refractivity (Wildman–Crippen MR) is 76.7 cm³/mol. The molecule has 1 aromatic rings. The van der Waals surface area contributed by atoms with Crippen LogP contribution in [0, 0.1) is 5.41 Å². The lowest BCUT2D eigenvalue weighted by atomic mass is 9.70. The molecule has 1 aliphatic rings. The third-order valence-corrected chi connectivity index (χ3v) is 4.73. The van der Waals surface area contributed by atoms with Crippen LogP contribution in [-0.2, 0) is 6.42 Å². The van der Waals surface area contributed by atoms with Crippen LogP contribution in [0.2, 0.25) is 0 Å². The van der Waals surface area contributed by atoms with E-state index in [4.69, 9.17) is 0 Å². The van der Waals surface area contributed by atoms with Gasteiger partial charge in [-0.2, -0.15) is 11.3 Å². The molecule has 2 heteroatoms. The molecule has 0 saturated heterocycles. The van der Waals surface area contributed by atoms with Crippen LogP contribution in [0.15, 0.2) is 16.8 Å². The second-order valence-corrected chi connectivity index (χ2v) is 6.33. The van der Waals surface area contributed by atoms with Crippen LogP contribution in [0.1, 0.15) is 51.0 Å². The van der Waals surface area contributed by atoms with E-state index >= 15 is 0 Å². The molecule has 0 radical (unpaired) electrons. The number of thiophene rings is 1. The fraction of sp³-hybridized carbons (Fsp3) is 0.733. The summed E-state index contributed by atoms with van der Waals surface area (Å²) in [4.78, 5) is 0. The maximum Gasteiger partial charge on any atom is 0.00110 e. The van der Waals surface area contributed by atoms with E-state index in [1.54, 1.807) is 5.56 Å². The first-order chi connectivity index (χ1) is 8.35. The number of nitrogens with one attached hydrogen (secondary N) is 1. The van der Waals surface area contributed by atoms with Gasteiger partial charge >= 0.3 is 0 Å². The highest BCUT2D eigenvalue weighted by Crippen LogP contribution is 2.39. The van der Waals surface area contributed by atoms with Crippen LogP contribution in [0.25, 0.3) is 0 Å². The summed E-state index contributed by atoms with van der Waals surface area (Å²) in [6.45, 7) is 4.64. The first-order valence-corrected chi connectivity index (χ1v) is 8.01. The Bertz CT molecular complexity index is 299. The maximum atomic E-state index is 3.66. The summed E-state index contributed by atoms with van der Waals surface area (Å²) in [6.07, 6.45) is 9.66. The summed E-state index contributed by atoms with van der Waals surface area (Å²) >= 11 is 1.83. The van der Waals surface area contributed by atoms with Crippen LogP contribution >= 0.6 is 11.3 Å². The molecule has 1 fully saturated rings. The number of hydrogen-bond donors (Lipinski definition) is 1. The SMILES string of the molecule is CCCNCC1(Cc2ccsc2)CCCCC1. The van der Waals surface area contributed by atoms with E-state index in [2.05, 4.69) is 29.1 Å². The van der Waals surface area contributed by atoms with Crippen LogP contribution in [0.4, 0.5) is 0 Å². The van der Waals surface area contributed by atoms with E-state index in [0.29, 0.717) is 5.41 Å². The van der Waals surface area contributed by atoms with Gasteiger partial charge in [0, 0.05) is 6.54 Å². The molecule has 0 spiro atoms. The van der Waals surface area contributed by atoms with E-state index in [-0.39, 0.29) is 0 Å². The highest BCUT2D eigenvalue weighted by Gasteiger charge is 2.31. The Kier molecular flexibility index (Phi) is 5.05.